The Balaban J connectivity index is 1.50. The third kappa shape index (κ3) is 5.40. The van der Waals surface area contributed by atoms with Crippen LogP contribution in [0, 0.1) is 0 Å². The highest BCUT2D eigenvalue weighted by atomic mass is 19.4. The van der Waals surface area contributed by atoms with E-state index in [4.69, 9.17) is 14.6 Å². The predicted molar refractivity (Wildman–Crippen MR) is 117 cm³/mol. The third-order valence-electron chi connectivity index (χ3n) is 6.15. The molecule has 1 saturated heterocycles. The number of likely N-dealkylation sites (N-methyl/N-ethyl adjacent to an activating group) is 1. The van der Waals surface area contributed by atoms with Crippen LogP contribution in [0.15, 0.2) is 42.5 Å². The molecular formula is C24H23F3N2O6. The molecule has 8 nitrogen and oxygen atoms in total. The van der Waals surface area contributed by atoms with E-state index in [1.165, 1.54) is 23.1 Å². The number of benzene rings is 2. The van der Waals surface area contributed by atoms with Crippen LogP contribution in [0.5, 0.6) is 5.75 Å². The maximum absolute atomic E-state index is 13.2. The lowest BCUT2D eigenvalue weighted by molar-refractivity contribution is -0.148. The molecule has 0 unspecified atom stereocenters. The van der Waals surface area contributed by atoms with Gasteiger partial charge in [0.2, 0.25) is 0 Å². The van der Waals surface area contributed by atoms with E-state index in [-0.39, 0.29) is 47.5 Å². The second-order valence-corrected chi connectivity index (χ2v) is 8.51. The SMILES string of the molecule is CN1C(=O)c2cc(NC(=O)c3ccc(C(F)(F)F)cc3)ccc2OC[C@@H]2O[C@@H](CC(=O)O)CC[C@H]21. The minimum absolute atomic E-state index is 0.0301. The number of rotatable bonds is 4. The number of aliphatic carboxylic acids is 1. The van der Waals surface area contributed by atoms with Gasteiger partial charge in [-0.25, -0.2) is 0 Å². The maximum Gasteiger partial charge on any atom is 0.416 e. The maximum atomic E-state index is 13.2. The Morgan fingerprint density at radius 3 is 2.51 bits per heavy atom. The standard InChI is InChI=1S/C24H23F3N2O6/c1-29-18-8-7-16(11-21(30)31)35-20(18)12-34-19-9-6-15(10-17(19)23(29)33)28-22(32)13-2-4-14(5-3-13)24(25,26)27/h2-6,9-10,16,18,20H,7-8,11-12H2,1H3,(H,28,32)(H,30,31)/t16-,18-,20+/m1/s1. The first-order chi connectivity index (χ1) is 16.5. The van der Waals surface area contributed by atoms with E-state index in [0.29, 0.717) is 12.8 Å². The van der Waals surface area contributed by atoms with Gasteiger partial charge in [-0.05, 0) is 55.3 Å². The summed E-state index contributed by atoms with van der Waals surface area (Å²) in [5, 5.41) is 11.6. The number of amides is 2. The summed E-state index contributed by atoms with van der Waals surface area (Å²) in [6.07, 6.45) is -4.54. The second kappa shape index (κ2) is 9.57. The molecule has 35 heavy (non-hydrogen) atoms. The van der Waals surface area contributed by atoms with Gasteiger partial charge in [0.05, 0.1) is 29.7 Å². The van der Waals surface area contributed by atoms with Crippen molar-refractivity contribution in [3.63, 3.8) is 0 Å². The van der Waals surface area contributed by atoms with Crippen LogP contribution in [-0.4, -0.2) is 59.7 Å². The number of carboxylic acid groups (broad SMARTS) is 1. The lowest BCUT2D eigenvalue weighted by atomic mass is 9.94. The molecule has 11 heteroatoms. The monoisotopic (exact) mass is 492 g/mol. The number of hydrogen-bond donors (Lipinski definition) is 2. The molecule has 4 rings (SSSR count). The fraction of sp³-hybridized carbons (Fsp3) is 0.375. The smallest absolute Gasteiger partial charge is 0.416 e. The van der Waals surface area contributed by atoms with Crippen molar-refractivity contribution in [1.82, 2.24) is 4.90 Å². The summed E-state index contributed by atoms with van der Waals surface area (Å²) in [6, 6.07) is 7.97. The number of nitrogens with one attached hydrogen (secondary N) is 1. The van der Waals surface area contributed by atoms with E-state index < -0.39 is 35.8 Å². The molecule has 0 saturated carbocycles. The highest BCUT2D eigenvalue weighted by Crippen LogP contribution is 2.33. The molecule has 0 aliphatic carbocycles. The van der Waals surface area contributed by atoms with Crippen LogP contribution in [0.4, 0.5) is 18.9 Å². The van der Waals surface area contributed by atoms with Crippen molar-refractivity contribution < 1.29 is 42.1 Å². The van der Waals surface area contributed by atoms with Gasteiger partial charge in [0.1, 0.15) is 18.5 Å². The molecule has 3 atom stereocenters. The van der Waals surface area contributed by atoms with Gasteiger partial charge in [0.15, 0.2) is 0 Å². The van der Waals surface area contributed by atoms with Crippen LogP contribution in [0.25, 0.3) is 0 Å². The molecule has 0 spiro atoms. The molecule has 2 aromatic rings. The van der Waals surface area contributed by atoms with Crippen molar-refractivity contribution in [3.05, 3.63) is 59.2 Å². The van der Waals surface area contributed by atoms with Gasteiger partial charge in [0, 0.05) is 18.3 Å². The minimum Gasteiger partial charge on any atom is -0.490 e. The normalized spacial score (nSPS) is 22.2. The number of carbonyl (C=O) groups is 3. The number of fused-ring (bicyclic) bond motifs is 2. The molecule has 186 valence electrons. The fourth-order valence-electron chi connectivity index (χ4n) is 4.31. The van der Waals surface area contributed by atoms with Crippen molar-refractivity contribution >= 4 is 23.5 Å². The van der Waals surface area contributed by atoms with E-state index in [1.54, 1.807) is 7.05 Å². The first-order valence-electron chi connectivity index (χ1n) is 10.9. The molecule has 2 N–H and O–H groups in total. The first kappa shape index (κ1) is 24.5. The Labute approximate surface area is 198 Å². The Bertz CT molecular complexity index is 1140. The zero-order chi connectivity index (χ0) is 25.3. The van der Waals surface area contributed by atoms with Crippen LogP contribution < -0.4 is 10.1 Å². The molecule has 2 aliphatic heterocycles. The minimum atomic E-state index is -4.50. The topological polar surface area (TPSA) is 105 Å². The molecule has 2 amide bonds. The summed E-state index contributed by atoms with van der Waals surface area (Å²) in [5.41, 5.74) is -0.343. The van der Waals surface area contributed by atoms with Gasteiger partial charge in [-0.1, -0.05) is 0 Å². The van der Waals surface area contributed by atoms with Crippen LogP contribution in [0.1, 0.15) is 45.5 Å². The second-order valence-electron chi connectivity index (χ2n) is 8.51. The Morgan fingerprint density at radius 1 is 1.14 bits per heavy atom. The fourth-order valence-corrected chi connectivity index (χ4v) is 4.31. The van der Waals surface area contributed by atoms with Crippen molar-refractivity contribution in [1.29, 1.82) is 0 Å². The van der Waals surface area contributed by atoms with Gasteiger partial charge in [0.25, 0.3) is 11.8 Å². The molecular weight excluding hydrogens is 469 g/mol. The number of anilines is 1. The zero-order valence-corrected chi connectivity index (χ0v) is 18.7. The van der Waals surface area contributed by atoms with E-state index in [9.17, 15) is 27.6 Å². The molecule has 0 aromatic heterocycles. The van der Waals surface area contributed by atoms with E-state index in [0.717, 1.165) is 24.3 Å². The van der Waals surface area contributed by atoms with Crippen molar-refractivity contribution in [2.75, 3.05) is 19.0 Å². The van der Waals surface area contributed by atoms with Crippen LogP contribution in [-0.2, 0) is 15.7 Å². The van der Waals surface area contributed by atoms with E-state index in [2.05, 4.69) is 5.32 Å². The summed E-state index contributed by atoms with van der Waals surface area (Å²) in [6.45, 7) is 0.114. The van der Waals surface area contributed by atoms with Gasteiger partial charge < -0.3 is 24.8 Å². The molecule has 0 radical (unpaired) electrons. The highest BCUT2D eigenvalue weighted by molar-refractivity contribution is 6.05. The summed E-state index contributed by atoms with van der Waals surface area (Å²) >= 11 is 0. The van der Waals surface area contributed by atoms with Crippen molar-refractivity contribution in [3.8, 4) is 5.75 Å². The first-order valence-corrected chi connectivity index (χ1v) is 10.9. The molecule has 0 bridgehead atoms. The van der Waals surface area contributed by atoms with Gasteiger partial charge in [-0.15, -0.1) is 0 Å². The van der Waals surface area contributed by atoms with Gasteiger partial charge in [-0.2, -0.15) is 13.2 Å². The lowest BCUT2D eigenvalue weighted by Crippen LogP contribution is -2.53. The number of carbonyl (C=O) groups excluding carboxylic acids is 2. The van der Waals surface area contributed by atoms with E-state index >= 15 is 0 Å². The molecule has 2 aromatic carbocycles. The number of alkyl halides is 3. The number of ether oxygens (including phenoxy) is 2. The summed E-state index contributed by atoms with van der Waals surface area (Å²) < 4.78 is 50.0. The van der Waals surface area contributed by atoms with Crippen LogP contribution >= 0.6 is 0 Å². The molecule has 2 heterocycles. The number of nitrogens with zero attached hydrogens (tertiary/aromatic N) is 1. The average molecular weight is 492 g/mol. The number of hydrogen-bond acceptors (Lipinski definition) is 5. The quantitative estimate of drug-likeness (QED) is 0.673. The number of carboxylic acids is 1. The van der Waals surface area contributed by atoms with Gasteiger partial charge in [-0.3, -0.25) is 14.4 Å². The Kier molecular flexibility index (Phi) is 6.70. The largest absolute Gasteiger partial charge is 0.490 e. The summed E-state index contributed by atoms with van der Waals surface area (Å²) in [5.74, 6) is -1.67. The van der Waals surface area contributed by atoms with Crippen molar-refractivity contribution in [2.45, 2.75) is 43.7 Å². The van der Waals surface area contributed by atoms with Crippen molar-refractivity contribution in [2.24, 2.45) is 0 Å². The predicted octanol–water partition coefficient (Wildman–Crippen LogP) is 3.81. The van der Waals surface area contributed by atoms with Crippen LogP contribution in [0.2, 0.25) is 0 Å². The summed E-state index contributed by atoms with van der Waals surface area (Å²) in [7, 11) is 1.63. The van der Waals surface area contributed by atoms with Crippen LogP contribution in [0.3, 0.4) is 0 Å². The Hall–Kier alpha value is -3.60. The number of halogens is 3. The highest BCUT2D eigenvalue weighted by Gasteiger charge is 2.39. The third-order valence-corrected chi connectivity index (χ3v) is 6.15. The average Bonchev–Trinajstić information content (AvgIpc) is 2.81. The van der Waals surface area contributed by atoms with E-state index in [1.807, 2.05) is 0 Å². The Morgan fingerprint density at radius 2 is 1.86 bits per heavy atom. The lowest BCUT2D eigenvalue weighted by Gasteiger charge is -2.42. The van der Waals surface area contributed by atoms with Gasteiger partial charge >= 0.3 is 12.1 Å². The summed E-state index contributed by atoms with van der Waals surface area (Å²) in [4.78, 5) is 38.3. The molecule has 1 fully saturated rings. The zero-order valence-electron chi connectivity index (χ0n) is 18.7. The molecule has 2 aliphatic rings.